The van der Waals surface area contributed by atoms with Gasteiger partial charge in [0.25, 0.3) is 0 Å². The SMILES string of the molecule is CC(C)C[C@H](NC(=O)[C@@H]1N[C@H](c2ccccc2)[C@@H]([N+](=O)[O-])[C@@H]1c1ccco1)B(O)O. The lowest BCUT2D eigenvalue weighted by Crippen LogP contribution is -2.53. The van der Waals surface area contributed by atoms with Crippen LogP contribution in [-0.4, -0.2) is 46.0 Å². The van der Waals surface area contributed by atoms with E-state index in [9.17, 15) is 25.0 Å². The summed E-state index contributed by atoms with van der Waals surface area (Å²) in [6, 6.07) is 9.32. The second-order valence-electron chi connectivity index (χ2n) is 8.01. The van der Waals surface area contributed by atoms with Gasteiger partial charge in [0.2, 0.25) is 11.9 Å². The zero-order chi connectivity index (χ0) is 21.8. The Labute approximate surface area is 174 Å². The maximum atomic E-state index is 13.1. The molecular weight excluding hydrogens is 389 g/mol. The number of hydrogen-bond donors (Lipinski definition) is 4. The van der Waals surface area contributed by atoms with Gasteiger partial charge in [0.05, 0.1) is 12.2 Å². The topological polar surface area (TPSA) is 138 Å². The van der Waals surface area contributed by atoms with Gasteiger partial charge in [-0.15, -0.1) is 0 Å². The highest BCUT2D eigenvalue weighted by Gasteiger charge is 2.56. The maximum absolute atomic E-state index is 13.1. The van der Waals surface area contributed by atoms with Crippen LogP contribution in [0.5, 0.6) is 0 Å². The monoisotopic (exact) mass is 415 g/mol. The molecule has 0 unspecified atom stereocenters. The summed E-state index contributed by atoms with van der Waals surface area (Å²) < 4.78 is 5.46. The van der Waals surface area contributed by atoms with Crippen LogP contribution in [0, 0.1) is 16.0 Å². The van der Waals surface area contributed by atoms with E-state index in [1.54, 1.807) is 36.4 Å². The van der Waals surface area contributed by atoms with Crippen molar-refractivity contribution in [1.29, 1.82) is 0 Å². The van der Waals surface area contributed by atoms with Crippen molar-refractivity contribution in [3.63, 3.8) is 0 Å². The maximum Gasteiger partial charge on any atom is 0.475 e. The summed E-state index contributed by atoms with van der Waals surface area (Å²) >= 11 is 0. The van der Waals surface area contributed by atoms with E-state index in [0.717, 1.165) is 0 Å². The quantitative estimate of drug-likeness (QED) is 0.289. The third-order valence-electron chi connectivity index (χ3n) is 5.40. The van der Waals surface area contributed by atoms with E-state index < -0.39 is 47.9 Å². The molecule has 1 aromatic carbocycles. The molecule has 0 spiro atoms. The summed E-state index contributed by atoms with van der Waals surface area (Å²) in [7, 11) is -1.74. The van der Waals surface area contributed by atoms with E-state index in [2.05, 4.69) is 10.6 Å². The van der Waals surface area contributed by atoms with Crippen LogP contribution >= 0.6 is 0 Å². The van der Waals surface area contributed by atoms with E-state index in [-0.39, 0.29) is 5.92 Å². The van der Waals surface area contributed by atoms with Crippen molar-refractivity contribution in [1.82, 2.24) is 10.6 Å². The van der Waals surface area contributed by atoms with Crippen LogP contribution in [0.25, 0.3) is 0 Å². The Morgan fingerprint density at radius 1 is 1.27 bits per heavy atom. The fraction of sp³-hybridized carbons (Fsp3) is 0.450. The number of benzene rings is 1. The fourth-order valence-electron chi connectivity index (χ4n) is 4.09. The molecule has 0 bridgehead atoms. The van der Waals surface area contributed by atoms with Crippen molar-refractivity contribution in [2.45, 2.75) is 50.3 Å². The van der Waals surface area contributed by atoms with Gasteiger partial charge in [-0.2, -0.15) is 0 Å². The third-order valence-corrected chi connectivity index (χ3v) is 5.40. The summed E-state index contributed by atoms with van der Waals surface area (Å²) in [5.74, 6) is -1.86. The number of carbonyl (C=O) groups excluding carboxylic acids is 1. The highest BCUT2D eigenvalue weighted by atomic mass is 16.6. The van der Waals surface area contributed by atoms with Gasteiger partial charge >= 0.3 is 7.12 Å². The smallest absolute Gasteiger partial charge is 0.469 e. The Balaban J connectivity index is 1.94. The molecule has 1 amide bonds. The third kappa shape index (κ3) is 4.72. The van der Waals surface area contributed by atoms with Crippen molar-refractivity contribution in [2.24, 2.45) is 5.92 Å². The normalized spacial score (nSPS) is 24.6. The number of nitrogens with one attached hydrogen (secondary N) is 2. The molecule has 1 aromatic heterocycles. The zero-order valence-corrected chi connectivity index (χ0v) is 16.8. The molecule has 1 aliphatic heterocycles. The molecule has 0 aliphatic carbocycles. The Morgan fingerprint density at radius 2 is 1.97 bits per heavy atom. The first-order valence-corrected chi connectivity index (χ1v) is 9.94. The first kappa shape index (κ1) is 22.0. The second kappa shape index (κ2) is 9.42. The molecule has 3 rings (SSSR count). The molecule has 10 heteroatoms. The molecule has 30 heavy (non-hydrogen) atoms. The molecule has 4 N–H and O–H groups in total. The highest BCUT2D eigenvalue weighted by molar-refractivity contribution is 6.43. The van der Waals surface area contributed by atoms with Crippen LogP contribution in [0.3, 0.4) is 0 Å². The molecule has 1 aliphatic rings. The van der Waals surface area contributed by atoms with E-state index in [1.807, 2.05) is 19.9 Å². The Kier molecular flexibility index (Phi) is 6.91. The molecule has 0 radical (unpaired) electrons. The van der Waals surface area contributed by atoms with E-state index in [1.165, 1.54) is 6.26 Å². The number of amides is 1. The Hall–Kier alpha value is -2.69. The van der Waals surface area contributed by atoms with Crippen LogP contribution in [0.1, 0.15) is 43.6 Å². The number of nitrogens with zero attached hydrogens (tertiary/aromatic N) is 1. The predicted octanol–water partition coefficient (Wildman–Crippen LogP) is 1.26. The van der Waals surface area contributed by atoms with Gasteiger partial charge < -0.3 is 19.8 Å². The summed E-state index contributed by atoms with van der Waals surface area (Å²) in [5.41, 5.74) is 0.687. The molecular formula is C20H26BN3O6. The van der Waals surface area contributed by atoms with Crippen LogP contribution < -0.4 is 10.6 Å². The molecule has 1 fully saturated rings. The first-order chi connectivity index (χ1) is 14.3. The van der Waals surface area contributed by atoms with Crippen molar-refractivity contribution < 1.29 is 24.2 Å². The van der Waals surface area contributed by atoms with Gasteiger partial charge in [-0.25, -0.2) is 0 Å². The minimum atomic E-state index is -1.74. The minimum Gasteiger partial charge on any atom is -0.469 e. The number of rotatable bonds is 8. The molecule has 5 atom stereocenters. The summed E-state index contributed by atoms with van der Waals surface area (Å²) in [4.78, 5) is 24.8. The van der Waals surface area contributed by atoms with E-state index >= 15 is 0 Å². The van der Waals surface area contributed by atoms with Crippen LogP contribution in [0.15, 0.2) is 53.1 Å². The van der Waals surface area contributed by atoms with Crippen molar-refractivity contribution in [2.75, 3.05) is 0 Å². The standard InChI is InChI=1S/C20H26BN3O6/c1-12(2)11-15(21(26)27)22-20(25)18-16(14-9-6-10-30-14)19(24(28)29)17(23-18)13-7-4-3-5-8-13/h3-10,12,15-19,23,26-27H,11H2,1-2H3,(H,22,25)/t15-,16+,17+,18+,19-/m0/s1. The van der Waals surface area contributed by atoms with E-state index in [4.69, 9.17) is 4.42 Å². The molecule has 2 heterocycles. The number of carbonyl (C=O) groups is 1. The summed E-state index contributed by atoms with van der Waals surface area (Å²) in [5, 5.41) is 37.1. The molecule has 1 saturated heterocycles. The van der Waals surface area contributed by atoms with Crippen LogP contribution in [0.2, 0.25) is 0 Å². The lowest BCUT2D eigenvalue weighted by Gasteiger charge is -2.23. The Morgan fingerprint density at radius 3 is 2.50 bits per heavy atom. The number of furan rings is 1. The molecule has 0 saturated carbocycles. The predicted molar refractivity (Wildman–Crippen MR) is 110 cm³/mol. The Bertz CT molecular complexity index is 845. The second-order valence-corrected chi connectivity index (χ2v) is 8.01. The number of hydrogen-bond acceptors (Lipinski definition) is 7. The van der Waals surface area contributed by atoms with Crippen molar-refractivity contribution in [3.05, 3.63) is 70.2 Å². The minimum absolute atomic E-state index is 0.109. The van der Waals surface area contributed by atoms with E-state index in [0.29, 0.717) is 17.7 Å². The van der Waals surface area contributed by atoms with Gasteiger partial charge in [0.15, 0.2) is 0 Å². The van der Waals surface area contributed by atoms with Crippen molar-refractivity contribution in [3.8, 4) is 0 Å². The first-order valence-electron chi connectivity index (χ1n) is 9.94. The fourth-order valence-corrected chi connectivity index (χ4v) is 4.09. The largest absolute Gasteiger partial charge is 0.475 e. The number of nitro groups is 1. The lowest BCUT2D eigenvalue weighted by molar-refractivity contribution is -0.527. The average Bonchev–Trinajstić information content (AvgIpc) is 3.35. The van der Waals surface area contributed by atoms with Gasteiger partial charge in [0.1, 0.15) is 23.8 Å². The van der Waals surface area contributed by atoms with Crippen LogP contribution in [0.4, 0.5) is 0 Å². The zero-order valence-electron chi connectivity index (χ0n) is 16.8. The highest BCUT2D eigenvalue weighted by Crippen LogP contribution is 2.40. The van der Waals surface area contributed by atoms with Crippen molar-refractivity contribution >= 4 is 13.0 Å². The molecule has 160 valence electrons. The average molecular weight is 415 g/mol. The van der Waals surface area contributed by atoms with Gasteiger partial charge in [0, 0.05) is 4.92 Å². The summed E-state index contributed by atoms with van der Waals surface area (Å²) in [6.45, 7) is 3.80. The molecule has 2 aromatic rings. The van der Waals surface area contributed by atoms with Crippen LogP contribution in [-0.2, 0) is 4.79 Å². The lowest BCUT2D eigenvalue weighted by atomic mass is 9.74. The molecule has 9 nitrogen and oxygen atoms in total. The summed E-state index contributed by atoms with van der Waals surface area (Å²) in [6.07, 6.45) is 1.76. The van der Waals surface area contributed by atoms with Gasteiger partial charge in [-0.1, -0.05) is 44.2 Å². The van der Waals surface area contributed by atoms with Gasteiger partial charge in [-0.05, 0) is 30.0 Å². The van der Waals surface area contributed by atoms with Gasteiger partial charge in [-0.3, -0.25) is 20.2 Å².